The van der Waals surface area contributed by atoms with Gasteiger partial charge in [-0.25, -0.2) is 0 Å². The number of hydrogen-bond acceptors (Lipinski definition) is 3. The van der Waals surface area contributed by atoms with Crippen LogP contribution < -0.4 is 10.6 Å². The Balaban J connectivity index is 2.54. The van der Waals surface area contributed by atoms with Crippen LogP contribution in [0, 0.1) is 0 Å². The van der Waals surface area contributed by atoms with Crippen molar-refractivity contribution in [3.05, 3.63) is 28.2 Å². The van der Waals surface area contributed by atoms with E-state index in [0.717, 1.165) is 22.3 Å². The van der Waals surface area contributed by atoms with Gasteiger partial charge < -0.3 is 15.5 Å². The van der Waals surface area contributed by atoms with E-state index in [1.54, 1.807) is 4.90 Å². The Morgan fingerprint density at radius 2 is 2.05 bits per heavy atom. The van der Waals surface area contributed by atoms with Crippen molar-refractivity contribution in [2.24, 2.45) is 5.73 Å². The fourth-order valence-corrected chi connectivity index (χ4v) is 3.53. The van der Waals surface area contributed by atoms with Crippen LogP contribution in [0.2, 0.25) is 0 Å². The van der Waals surface area contributed by atoms with E-state index in [4.69, 9.17) is 18.0 Å². The predicted octanol–water partition coefficient (Wildman–Crippen LogP) is 2.14. The van der Waals surface area contributed by atoms with E-state index < -0.39 is 5.54 Å². The number of halogens is 1. The van der Waals surface area contributed by atoms with Crippen molar-refractivity contribution in [3.63, 3.8) is 0 Å². The number of nitrogens with two attached hydrogens (primary N) is 1. The summed E-state index contributed by atoms with van der Waals surface area (Å²) in [6, 6.07) is 5.79. The summed E-state index contributed by atoms with van der Waals surface area (Å²) in [4.78, 5) is 16.6. The Morgan fingerprint density at radius 1 is 1.40 bits per heavy atom. The van der Waals surface area contributed by atoms with Crippen LogP contribution in [0.3, 0.4) is 0 Å². The third-order valence-electron chi connectivity index (χ3n) is 3.73. The molecule has 20 heavy (non-hydrogen) atoms. The van der Waals surface area contributed by atoms with Gasteiger partial charge in [0.25, 0.3) is 0 Å². The summed E-state index contributed by atoms with van der Waals surface area (Å²) < 4.78 is 0.852. The zero-order valence-electron chi connectivity index (χ0n) is 11.8. The molecule has 0 atom stereocenters. The van der Waals surface area contributed by atoms with Crippen molar-refractivity contribution in [1.82, 2.24) is 4.90 Å². The van der Waals surface area contributed by atoms with Crippen molar-refractivity contribution >= 4 is 44.7 Å². The Labute approximate surface area is 133 Å². The van der Waals surface area contributed by atoms with Crippen LogP contribution in [-0.2, 0) is 4.79 Å². The zero-order valence-corrected chi connectivity index (χ0v) is 14.2. The van der Waals surface area contributed by atoms with Gasteiger partial charge in [-0.05, 0) is 41.9 Å². The Kier molecular flexibility index (Phi) is 4.07. The molecular weight excluding hydrogens is 338 g/mol. The lowest BCUT2D eigenvalue weighted by atomic mass is 9.95. The molecule has 0 spiro atoms. The molecule has 1 aromatic carbocycles. The molecule has 0 bridgehead atoms. The molecule has 1 fully saturated rings. The topological polar surface area (TPSA) is 49.6 Å². The summed E-state index contributed by atoms with van der Waals surface area (Å²) in [7, 11) is 1.83. The minimum Gasteiger partial charge on any atom is -0.389 e. The zero-order chi connectivity index (χ0) is 15.1. The highest BCUT2D eigenvalue weighted by Crippen LogP contribution is 2.34. The largest absolute Gasteiger partial charge is 0.389 e. The van der Waals surface area contributed by atoms with Gasteiger partial charge in [-0.15, -0.1) is 0 Å². The third kappa shape index (κ3) is 2.42. The van der Waals surface area contributed by atoms with E-state index in [0.29, 0.717) is 11.5 Å². The molecule has 1 heterocycles. The van der Waals surface area contributed by atoms with E-state index in [-0.39, 0.29) is 5.91 Å². The van der Waals surface area contributed by atoms with E-state index in [1.807, 2.05) is 39.1 Å². The van der Waals surface area contributed by atoms with Crippen molar-refractivity contribution in [2.45, 2.75) is 19.4 Å². The van der Waals surface area contributed by atoms with Gasteiger partial charge in [-0.1, -0.05) is 18.3 Å². The van der Waals surface area contributed by atoms with E-state index in [1.165, 1.54) is 0 Å². The number of carbonyl (C=O) groups is 1. The van der Waals surface area contributed by atoms with Gasteiger partial charge in [0.15, 0.2) is 0 Å². The van der Waals surface area contributed by atoms with Crippen LogP contribution >= 0.6 is 28.1 Å². The number of anilines is 1. The van der Waals surface area contributed by atoms with Gasteiger partial charge in [0, 0.05) is 35.9 Å². The summed E-state index contributed by atoms with van der Waals surface area (Å²) >= 11 is 8.65. The van der Waals surface area contributed by atoms with Gasteiger partial charge in [0.1, 0.15) is 10.5 Å². The smallest absolute Gasteiger partial charge is 0.247 e. The standard InChI is InChI=1S/C14H18BrN3OS/c1-14(2)13(19)17(3)7-8-18(14)10-6-4-5-9(15)11(10)12(16)20/h4-6H,7-8H2,1-3H3,(H2,16,20). The maximum atomic E-state index is 12.4. The number of hydrogen-bond donors (Lipinski definition) is 1. The molecule has 0 aromatic heterocycles. The Morgan fingerprint density at radius 3 is 2.65 bits per heavy atom. The van der Waals surface area contributed by atoms with Crippen LogP contribution in [0.25, 0.3) is 0 Å². The minimum absolute atomic E-state index is 0.0950. The van der Waals surface area contributed by atoms with Gasteiger partial charge in [0.05, 0.1) is 0 Å². The first-order valence-corrected chi connectivity index (χ1v) is 7.58. The molecule has 1 aliphatic rings. The predicted molar refractivity (Wildman–Crippen MR) is 89.1 cm³/mol. The molecule has 1 saturated heterocycles. The molecule has 4 nitrogen and oxygen atoms in total. The number of amides is 1. The van der Waals surface area contributed by atoms with Crippen LogP contribution in [0.4, 0.5) is 5.69 Å². The maximum absolute atomic E-state index is 12.4. The molecule has 1 amide bonds. The van der Waals surface area contributed by atoms with E-state index in [9.17, 15) is 4.79 Å². The summed E-state index contributed by atoms with van der Waals surface area (Å²) in [6.45, 7) is 5.29. The summed E-state index contributed by atoms with van der Waals surface area (Å²) in [6.07, 6.45) is 0. The number of thiocarbonyl (C=S) groups is 1. The number of nitrogens with zero attached hydrogens (tertiary/aromatic N) is 2. The average molecular weight is 356 g/mol. The van der Waals surface area contributed by atoms with E-state index in [2.05, 4.69) is 20.8 Å². The fraction of sp³-hybridized carbons (Fsp3) is 0.429. The highest BCUT2D eigenvalue weighted by Gasteiger charge is 2.41. The lowest BCUT2D eigenvalue weighted by Gasteiger charge is -2.46. The number of likely N-dealkylation sites (N-methyl/N-ethyl adjacent to an activating group) is 1. The number of carbonyl (C=O) groups excluding carboxylic acids is 1. The van der Waals surface area contributed by atoms with Gasteiger partial charge in [0.2, 0.25) is 5.91 Å². The van der Waals surface area contributed by atoms with Gasteiger partial charge in [-0.3, -0.25) is 4.79 Å². The van der Waals surface area contributed by atoms with Gasteiger partial charge in [-0.2, -0.15) is 0 Å². The van der Waals surface area contributed by atoms with E-state index >= 15 is 0 Å². The molecule has 0 aliphatic carbocycles. The van der Waals surface area contributed by atoms with Crippen molar-refractivity contribution in [1.29, 1.82) is 0 Å². The quantitative estimate of drug-likeness (QED) is 0.825. The molecule has 2 rings (SSSR count). The molecular formula is C14H18BrN3OS. The molecule has 2 N–H and O–H groups in total. The van der Waals surface area contributed by atoms with Crippen LogP contribution in [0.15, 0.2) is 22.7 Å². The SMILES string of the molecule is CN1CCN(c2cccc(Br)c2C(N)=S)C(C)(C)C1=O. The molecule has 108 valence electrons. The second-order valence-corrected chi connectivity index (χ2v) is 6.73. The minimum atomic E-state index is -0.618. The van der Waals surface area contributed by atoms with Crippen LogP contribution in [0.5, 0.6) is 0 Å². The fourth-order valence-electron chi connectivity index (χ4n) is 2.62. The highest BCUT2D eigenvalue weighted by atomic mass is 79.9. The summed E-state index contributed by atoms with van der Waals surface area (Å²) in [5.74, 6) is 0.0950. The van der Waals surface area contributed by atoms with Crippen molar-refractivity contribution in [3.8, 4) is 0 Å². The Bertz CT molecular complexity index is 574. The van der Waals surface area contributed by atoms with Crippen LogP contribution in [-0.4, -0.2) is 41.5 Å². The third-order valence-corrected chi connectivity index (χ3v) is 4.60. The highest BCUT2D eigenvalue weighted by molar-refractivity contribution is 9.10. The lowest BCUT2D eigenvalue weighted by molar-refractivity contribution is -0.136. The summed E-state index contributed by atoms with van der Waals surface area (Å²) in [5.41, 5.74) is 6.92. The first kappa shape index (κ1) is 15.3. The number of piperazine rings is 1. The first-order chi connectivity index (χ1) is 9.26. The van der Waals surface area contributed by atoms with Crippen molar-refractivity contribution < 1.29 is 4.79 Å². The van der Waals surface area contributed by atoms with Crippen LogP contribution in [0.1, 0.15) is 19.4 Å². The normalized spacial score (nSPS) is 18.3. The van der Waals surface area contributed by atoms with Crippen molar-refractivity contribution in [2.75, 3.05) is 25.0 Å². The van der Waals surface area contributed by atoms with Gasteiger partial charge >= 0.3 is 0 Å². The molecule has 1 aliphatic heterocycles. The molecule has 0 saturated carbocycles. The lowest BCUT2D eigenvalue weighted by Crippen LogP contribution is -2.62. The number of benzene rings is 1. The second-order valence-electron chi connectivity index (χ2n) is 5.44. The average Bonchev–Trinajstić information content (AvgIpc) is 2.35. The monoisotopic (exact) mass is 355 g/mol. The molecule has 0 unspecified atom stereocenters. The molecule has 6 heteroatoms. The number of rotatable bonds is 2. The maximum Gasteiger partial charge on any atom is 0.247 e. The second kappa shape index (κ2) is 5.33. The summed E-state index contributed by atoms with van der Waals surface area (Å²) in [5, 5.41) is 0. The first-order valence-electron chi connectivity index (χ1n) is 6.38. The molecule has 0 radical (unpaired) electrons. The Hall–Kier alpha value is -1.14. The molecule has 1 aromatic rings.